The number of benzene rings is 1. The number of nitrogens with one attached hydrogen (secondary N) is 2. The van der Waals surface area contributed by atoms with E-state index in [1.165, 1.54) is 0 Å². The average Bonchev–Trinajstić information content (AvgIpc) is 2.63. The summed E-state index contributed by atoms with van der Waals surface area (Å²) in [5.41, 5.74) is 0. The van der Waals surface area contributed by atoms with E-state index in [4.69, 9.17) is 4.74 Å². The van der Waals surface area contributed by atoms with Crippen molar-refractivity contribution in [1.82, 2.24) is 10.6 Å². The molecule has 1 aromatic carbocycles. The van der Waals surface area contributed by atoms with Gasteiger partial charge in [-0.2, -0.15) is 0 Å². The van der Waals surface area contributed by atoms with Crippen molar-refractivity contribution in [2.45, 2.75) is 37.5 Å². The van der Waals surface area contributed by atoms with Crippen molar-refractivity contribution in [3.63, 3.8) is 0 Å². The second kappa shape index (κ2) is 15.2. The molecule has 0 atom stereocenters. The quantitative estimate of drug-likeness (QED) is 0.201. The van der Waals surface area contributed by atoms with E-state index in [0.717, 1.165) is 39.0 Å². The monoisotopic (exact) mass is 497 g/mol. The first-order valence-electron chi connectivity index (χ1n) is 8.90. The Hall–Kier alpha value is -0.870. The van der Waals surface area contributed by atoms with Crippen LogP contribution in [0, 0.1) is 0 Å². The van der Waals surface area contributed by atoms with Gasteiger partial charge in [0.15, 0.2) is 15.8 Å². The fourth-order valence-corrected chi connectivity index (χ4v) is 3.50. The Kier molecular flexibility index (Phi) is 14.7. The van der Waals surface area contributed by atoms with Gasteiger partial charge in [0.05, 0.1) is 10.6 Å². The number of hydrogen-bond acceptors (Lipinski definition) is 4. The summed E-state index contributed by atoms with van der Waals surface area (Å²) in [6.07, 6.45) is 3.68. The molecule has 0 fully saturated rings. The molecule has 0 spiro atoms. The second-order valence-electron chi connectivity index (χ2n) is 5.73. The molecule has 0 radical (unpaired) electrons. The zero-order valence-electron chi connectivity index (χ0n) is 15.7. The van der Waals surface area contributed by atoms with E-state index < -0.39 is 9.84 Å². The number of unbranched alkanes of at least 4 members (excludes halogenated alkanes) is 1. The predicted molar refractivity (Wildman–Crippen MR) is 118 cm³/mol. The molecule has 0 aromatic heterocycles. The molecule has 1 aromatic rings. The van der Waals surface area contributed by atoms with E-state index in [2.05, 4.69) is 22.5 Å². The predicted octanol–water partition coefficient (Wildman–Crippen LogP) is 2.84. The Labute approximate surface area is 175 Å². The molecule has 2 N–H and O–H groups in total. The maximum Gasteiger partial charge on any atom is 0.190 e. The highest BCUT2D eigenvalue weighted by Crippen LogP contribution is 2.10. The number of guanidine groups is 1. The fraction of sp³-hybridized carbons (Fsp3) is 0.611. The summed E-state index contributed by atoms with van der Waals surface area (Å²) >= 11 is 0. The molecular formula is C18H32IN3O3S. The molecule has 1 rings (SSSR count). The molecule has 0 aliphatic rings. The normalized spacial score (nSPS) is 11.7. The summed E-state index contributed by atoms with van der Waals surface area (Å²) < 4.78 is 29.9. The van der Waals surface area contributed by atoms with Gasteiger partial charge in [-0.3, -0.25) is 4.99 Å². The van der Waals surface area contributed by atoms with Gasteiger partial charge in [-0.15, -0.1) is 24.0 Å². The van der Waals surface area contributed by atoms with Crippen LogP contribution in [-0.4, -0.2) is 53.5 Å². The van der Waals surface area contributed by atoms with Crippen molar-refractivity contribution >= 4 is 39.8 Å². The summed E-state index contributed by atoms with van der Waals surface area (Å²) in [6.45, 7) is 5.02. The molecule has 0 aliphatic carbocycles. The van der Waals surface area contributed by atoms with E-state index in [0.29, 0.717) is 23.8 Å². The highest BCUT2D eigenvalue weighted by atomic mass is 127. The average molecular weight is 497 g/mol. The molecule has 0 unspecified atom stereocenters. The van der Waals surface area contributed by atoms with Crippen molar-refractivity contribution in [3.05, 3.63) is 30.3 Å². The summed E-state index contributed by atoms with van der Waals surface area (Å²) in [5.74, 6) is 0.803. The molecule has 0 saturated carbocycles. The summed E-state index contributed by atoms with van der Waals surface area (Å²) in [5, 5.41) is 6.34. The summed E-state index contributed by atoms with van der Waals surface area (Å²) in [4.78, 5) is 4.51. The molecular weight excluding hydrogens is 465 g/mol. The van der Waals surface area contributed by atoms with Crippen LogP contribution in [0.2, 0.25) is 0 Å². The van der Waals surface area contributed by atoms with Gasteiger partial charge in [0.2, 0.25) is 0 Å². The number of halogens is 1. The standard InChI is InChI=1S/C18H31N3O3S.HI/c1-3-4-14-24-15-8-12-20-18(19-2)21-13-9-16-25(22,23)17-10-6-5-7-11-17;/h5-7,10-11H,3-4,8-9,12-16H2,1-2H3,(H2,19,20,21);1H. The first-order valence-corrected chi connectivity index (χ1v) is 10.6. The van der Waals surface area contributed by atoms with E-state index in [9.17, 15) is 8.42 Å². The van der Waals surface area contributed by atoms with Crippen LogP contribution in [-0.2, 0) is 14.6 Å². The zero-order chi connectivity index (χ0) is 18.4. The number of rotatable bonds is 12. The maximum atomic E-state index is 12.2. The molecule has 0 heterocycles. The third kappa shape index (κ3) is 11.0. The minimum atomic E-state index is -3.21. The van der Waals surface area contributed by atoms with Crippen molar-refractivity contribution in [3.8, 4) is 0 Å². The topological polar surface area (TPSA) is 79.8 Å². The summed E-state index contributed by atoms with van der Waals surface area (Å²) in [6, 6.07) is 8.55. The number of aliphatic imine (C=N–C) groups is 1. The Morgan fingerprint density at radius 2 is 1.65 bits per heavy atom. The first kappa shape index (κ1) is 25.1. The first-order chi connectivity index (χ1) is 12.1. The highest BCUT2D eigenvalue weighted by Gasteiger charge is 2.13. The number of ether oxygens (including phenoxy) is 1. The van der Waals surface area contributed by atoms with Crippen molar-refractivity contribution in [1.29, 1.82) is 0 Å². The number of nitrogens with zero attached hydrogens (tertiary/aromatic N) is 1. The third-order valence-corrected chi connectivity index (χ3v) is 5.42. The molecule has 26 heavy (non-hydrogen) atoms. The van der Waals surface area contributed by atoms with Crippen LogP contribution >= 0.6 is 24.0 Å². The van der Waals surface area contributed by atoms with Gasteiger partial charge in [0, 0.05) is 33.4 Å². The highest BCUT2D eigenvalue weighted by molar-refractivity contribution is 14.0. The van der Waals surface area contributed by atoms with Crippen molar-refractivity contribution < 1.29 is 13.2 Å². The Bertz CT molecular complexity index is 595. The third-order valence-electron chi connectivity index (χ3n) is 3.61. The Morgan fingerprint density at radius 1 is 1.04 bits per heavy atom. The van der Waals surface area contributed by atoms with Gasteiger partial charge in [0.1, 0.15) is 0 Å². The SMILES string of the molecule is CCCCOCCCNC(=NC)NCCCS(=O)(=O)c1ccccc1.I. The van der Waals surface area contributed by atoms with E-state index in [-0.39, 0.29) is 29.7 Å². The van der Waals surface area contributed by atoms with Gasteiger partial charge in [-0.25, -0.2) is 8.42 Å². The Morgan fingerprint density at radius 3 is 2.27 bits per heavy atom. The van der Waals surface area contributed by atoms with Crippen molar-refractivity contribution in [2.24, 2.45) is 4.99 Å². The van der Waals surface area contributed by atoms with Crippen LogP contribution in [0.1, 0.15) is 32.6 Å². The van der Waals surface area contributed by atoms with Crippen LogP contribution in [0.3, 0.4) is 0 Å². The molecule has 150 valence electrons. The molecule has 8 heteroatoms. The van der Waals surface area contributed by atoms with Crippen LogP contribution in [0.5, 0.6) is 0 Å². The van der Waals surface area contributed by atoms with E-state index in [1.807, 2.05) is 6.07 Å². The van der Waals surface area contributed by atoms with Crippen molar-refractivity contribution in [2.75, 3.05) is 39.1 Å². The molecule has 0 aliphatic heterocycles. The lowest BCUT2D eigenvalue weighted by Crippen LogP contribution is -2.38. The van der Waals surface area contributed by atoms with Gasteiger partial charge in [-0.1, -0.05) is 31.5 Å². The van der Waals surface area contributed by atoms with Crippen LogP contribution in [0.4, 0.5) is 0 Å². The second-order valence-corrected chi connectivity index (χ2v) is 7.84. The van der Waals surface area contributed by atoms with E-state index >= 15 is 0 Å². The summed E-state index contributed by atoms with van der Waals surface area (Å²) in [7, 11) is -1.51. The lowest BCUT2D eigenvalue weighted by atomic mass is 10.4. The molecule has 0 amide bonds. The minimum Gasteiger partial charge on any atom is -0.381 e. The molecule has 0 bridgehead atoms. The van der Waals surface area contributed by atoms with Gasteiger partial charge in [-0.05, 0) is 31.4 Å². The maximum absolute atomic E-state index is 12.2. The zero-order valence-corrected chi connectivity index (χ0v) is 18.9. The molecule has 6 nitrogen and oxygen atoms in total. The van der Waals surface area contributed by atoms with Crippen LogP contribution < -0.4 is 10.6 Å². The smallest absolute Gasteiger partial charge is 0.190 e. The Balaban J connectivity index is 0.00000625. The van der Waals surface area contributed by atoms with Crippen LogP contribution in [0.15, 0.2) is 40.2 Å². The van der Waals surface area contributed by atoms with Gasteiger partial charge >= 0.3 is 0 Å². The number of sulfone groups is 1. The van der Waals surface area contributed by atoms with Gasteiger partial charge < -0.3 is 15.4 Å². The molecule has 0 saturated heterocycles. The lowest BCUT2D eigenvalue weighted by molar-refractivity contribution is 0.129. The lowest BCUT2D eigenvalue weighted by Gasteiger charge is -2.12. The number of hydrogen-bond donors (Lipinski definition) is 2. The van der Waals surface area contributed by atoms with Gasteiger partial charge in [0.25, 0.3) is 0 Å². The fourth-order valence-electron chi connectivity index (χ4n) is 2.16. The largest absolute Gasteiger partial charge is 0.381 e. The minimum absolute atomic E-state index is 0. The van der Waals surface area contributed by atoms with E-state index in [1.54, 1.807) is 31.3 Å². The van der Waals surface area contributed by atoms with Crippen LogP contribution in [0.25, 0.3) is 0 Å².